The Hall–Kier alpha value is -3.41. The van der Waals surface area contributed by atoms with Crippen molar-refractivity contribution in [1.82, 2.24) is 19.5 Å². The van der Waals surface area contributed by atoms with Gasteiger partial charge in [0.05, 0.1) is 36.2 Å². The molecule has 0 fully saturated rings. The van der Waals surface area contributed by atoms with E-state index in [0.29, 0.717) is 11.6 Å². The van der Waals surface area contributed by atoms with E-state index in [9.17, 15) is 0 Å². The Morgan fingerprint density at radius 1 is 1.00 bits per heavy atom. The molecule has 130 valence electrons. The van der Waals surface area contributed by atoms with Gasteiger partial charge in [0.2, 0.25) is 0 Å². The van der Waals surface area contributed by atoms with Crippen molar-refractivity contribution in [2.24, 2.45) is 0 Å². The van der Waals surface area contributed by atoms with Crippen LogP contribution in [0.1, 0.15) is 11.4 Å². The summed E-state index contributed by atoms with van der Waals surface area (Å²) in [4.78, 5) is 13.7. The lowest BCUT2D eigenvalue weighted by Crippen LogP contribution is -2.04. The SMILES string of the molecule is COc1cc(C)ccc1Nc1cncc(-n2c(C)nc3ccccc32)n1. The number of methoxy groups -OCH3 is 1. The van der Waals surface area contributed by atoms with E-state index in [-0.39, 0.29) is 0 Å². The normalized spacial score (nSPS) is 10.9. The molecule has 0 aliphatic rings. The van der Waals surface area contributed by atoms with E-state index in [1.54, 1.807) is 19.5 Å². The maximum Gasteiger partial charge on any atom is 0.159 e. The van der Waals surface area contributed by atoms with E-state index in [0.717, 1.165) is 33.9 Å². The first-order valence-corrected chi connectivity index (χ1v) is 8.34. The number of anilines is 2. The number of para-hydroxylation sites is 2. The summed E-state index contributed by atoms with van der Waals surface area (Å²) in [5.41, 5.74) is 3.92. The molecule has 0 bridgehead atoms. The Kier molecular flexibility index (Phi) is 4.01. The summed E-state index contributed by atoms with van der Waals surface area (Å²) >= 11 is 0. The number of nitrogens with one attached hydrogen (secondary N) is 1. The van der Waals surface area contributed by atoms with Crippen LogP contribution in [0.4, 0.5) is 11.5 Å². The largest absolute Gasteiger partial charge is 0.495 e. The van der Waals surface area contributed by atoms with E-state index in [4.69, 9.17) is 9.72 Å². The third kappa shape index (κ3) is 2.86. The summed E-state index contributed by atoms with van der Waals surface area (Å²) < 4.78 is 7.45. The standard InChI is InChI=1S/C20H19N5O/c1-13-8-9-16(18(10-13)26-3)23-19-11-21-12-20(24-19)25-14(2)22-15-6-4-5-7-17(15)25/h4-12H,1-3H3,(H,23,24). The minimum Gasteiger partial charge on any atom is -0.495 e. The fraction of sp³-hybridized carbons (Fsp3) is 0.150. The fourth-order valence-electron chi connectivity index (χ4n) is 3.00. The number of fused-ring (bicyclic) bond motifs is 1. The third-order valence-corrected chi connectivity index (χ3v) is 4.20. The van der Waals surface area contributed by atoms with Gasteiger partial charge in [0.15, 0.2) is 11.6 Å². The van der Waals surface area contributed by atoms with Crippen molar-refractivity contribution in [1.29, 1.82) is 0 Å². The van der Waals surface area contributed by atoms with Gasteiger partial charge in [-0.15, -0.1) is 0 Å². The fourth-order valence-corrected chi connectivity index (χ4v) is 3.00. The molecule has 4 aromatic rings. The second-order valence-corrected chi connectivity index (χ2v) is 6.07. The Bertz CT molecular complexity index is 1090. The Morgan fingerprint density at radius 3 is 2.69 bits per heavy atom. The van der Waals surface area contributed by atoms with Gasteiger partial charge in [-0.3, -0.25) is 9.55 Å². The zero-order chi connectivity index (χ0) is 18.1. The average molecular weight is 345 g/mol. The Morgan fingerprint density at radius 2 is 1.85 bits per heavy atom. The number of benzene rings is 2. The van der Waals surface area contributed by atoms with Crippen LogP contribution in [0.3, 0.4) is 0 Å². The maximum atomic E-state index is 5.45. The summed E-state index contributed by atoms with van der Waals surface area (Å²) in [6.07, 6.45) is 3.43. The van der Waals surface area contributed by atoms with Gasteiger partial charge in [0, 0.05) is 0 Å². The highest BCUT2D eigenvalue weighted by Crippen LogP contribution is 2.28. The molecule has 0 aliphatic carbocycles. The zero-order valence-corrected chi connectivity index (χ0v) is 14.9. The molecule has 0 saturated heterocycles. The number of aryl methyl sites for hydroxylation is 2. The molecular weight excluding hydrogens is 326 g/mol. The van der Waals surface area contributed by atoms with E-state index in [2.05, 4.69) is 15.3 Å². The highest BCUT2D eigenvalue weighted by Gasteiger charge is 2.11. The number of imidazole rings is 1. The number of aromatic nitrogens is 4. The molecule has 0 atom stereocenters. The highest BCUT2D eigenvalue weighted by molar-refractivity contribution is 5.77. The van der Waals surface area contributed by atoms with E-state index in [1.165, 1.54) is 0 Å². The average Bonchev–Trinajstić information content (AvgIpc) is 2.99. The molecule has 6 heteroatoms. The molecule has 0 unspecified atom stereocenters. The van der Waals surface area contributed by atoms with Crippen molar-refractivity contribution in [3.63, 3.8) is 0 Å². The van der Waals surface area contributed by atoms with E-state index >= 15 is 0 Å². The van der Waals surface area contributed by atoms with E-state index in [1.807, 2.05) is 60.9 Å². The van der Waals surface area contributed by atoms with E-state index < -0.39 is 0 Å². The van der Waals surface area contributed by atoms with Gasteiger partial charge in [0.1, 0.15) is 11.6 Å². The predicted octanol–water partition coefficient (Wildman–Crippen LogP) is 4.18. The molecule has 2 heterocycles. The first-order chi connectivity index (χ1) is 12.7. The van der Waals surface area contributed by atoms with Gasteiger partial charge in [-0.05, 0) is 43.7 Å². The monoisotopic (exact) mass is 345 g/mol. The summed E-state index contributed by atoms with van der Waals surface area (Å²) in [5.74, 6) is 2.99. The summed E-state index contributed by atoms with van der Waals surface area (Å²) in [6, 6.07) is 14.0. The third-order valence-electron chi connectivity index (χ3n) is 4.20. The van der Waals surface area contributed by atoms with Crippen LogP contribution in [0.5, 0.6) is 5.75 Å². The molecule has 0 aliphatic heterocycles. The number of ether oxygens (including phenoxy) is 1. The number of hydrogen-bond donors (Lipinski definition) is 1. The lowest BCUT2D eigenvalue weighted by molar-refractivity contribution is 0.416. The lowest BCUT2D eigenvalue weighted by atomic mass is 10.2. The first-order valence-electron chi connectivity index (χ1n) is 8.34. The molecule has 4 rings (SSSR count). The van der Waals surface area contributed by atoms with Crippen LogP contribution in [0.2, 0.25) is 0 Å². The Labute approximate surface area is 151 Å². The van der Waals surface area contributed by atoms with Gasteiger partial charge in [-0.25, -0.2) is 9.97 Å². The van der Waals surface area contributed by atoms with Gasteiger partial charge in [0.25, 0.3) is 0 Å². The highest BCUT2D eigenvalue weighted by atomic mass is 16.5. The molecular formula is C20H19N5O. The smallest absolute Gasteiger partial charge is 0.159 e. The number of hydrogen-bond acceptors (Lipinski definition) is 5. The maximum absolute atomic E-state index is 5.45. The quantitative estimate of drug-likeness (QED) is 0.601. The van der Waals surface area contributed by atoms with Crippen molar-refractivity contribution in [2.75, 3.05) is 12.4 Å². The summed E-state index contributed by atoms with van der Waals surface area (Å²) in [5, 5.41) is 3.29. The predicted molar refractivity (Wildman–Crippen MR) is 102 cm³/mol. The van der Waals surface area contributed by atoms with Crippen LogP contribution in [0, 0.1) is 13.8 Å². The molecule has 26 heavy (non-hydrogen) atoms. The summed E-state index contributed by atoms with van der Waals surface area (Å²) in [6.45, 7) is 3.99. The van der Waals surface area contributed by atoms with Crippen molar-refractivity contribution < 1.29 is 4.74 Å². The van der Waals surface area contributed by atoms with Gasteiger partial charge < -0.3 is 10.1 Å². The molecule has 0 spiro atoms. The van der Waals surface area contributed by atoms with Gasteiger partial charge >= 0.3 is 0 Å². The first kappa shape index (κ1) is 16.1. The molecule has 0 radical (unpaired) electrons. The van der Waals surface area contributed by atoms with Crippen LogP contribution < -0.4 is 10.1 Å². The Balaban J connectivity index is 1.75. The van der Waals surface area contributed by atoms with Crippen molar-refractivity contribution >= 4 is 22.5 Å². The van der Waals surface area contributed by atoms with Crippen LogP contribution in [-0.4, -0.2) is 26.6 Å². The second kappa shape index (κ2) is 6.48. The van der Waals surface area contributed by atoms with Gasteiger partial charge in [-0.2, -0.15) is 0 Å². The zero-order valence-electron chi connectivity index (χ0n) is 14.9. The van der Waals surface area contributed by atoms with Gasteiger partial charge in [-0.1, -0.05) is 18.2 Å². The lowest BCUT2D eigenvalue weighted by Gasteiger charge is -2.12. The van der Waals surface area contributed by atoms with Crippen molar-refractivity contribution in [2.45, 2.75) is 13.8 Å². The number of rotatable bonds is 4. The summed E-state index contributed by atoms with van der Waals surface area (Å²) in [7, 11) is 1.66. The molecule has 6 nitrogen and oxygen atoms in total. The minimum absolute atomic E-state index is 0.641. The molecule has 0 saturated carbocycles. The van der Waals surface area contributed by atoms with Crippen molar-refractivity contribution in [3.8, 4) is 11.6 Å². The van der Waals surface area contributed by atoms with Crippen molar-refractivity contribution in [3.05, 3.63) is 66.2 Å². The molecule has 1 N–H and O–H groups in total. The molecule has 2 aromatic heterocycles. The van der Waals surface area contributed by atoms with Crippen LogP contribution >= 0.6 is 0 Å². The molecule has 2 aromatic carbocycles. The topological polar surface area (TPSA) is 64.9 Å². The van der Waals surface area contributed by atoms with Crippen LogP contribution in [-0.2, 0) is 0 Å². The number of nitrogens with zero attached hydrogens (tertiary/aromatic N) is 4. The molecule has 0 amide bonds. The van der Waals surface area contributed by atoms with Crippen LogP contribution in [0.15, 0.2) is 54.9 Å². The van der Waals surface area contributed by atoms with Crippen LogP contribution in [0.25, 0.3) is 16.9 Å². The minimum atomic E-state index is 0.641. The second-order valence-electron chi connectivity index (χ2n) is 6.07.